The SMILES string of the molecule is CC(NC(=O)C(N)CS)C(=O)NC(Cc1ccc(O)cc1)C(=O)NC(CCCCN)C(=O)O. The van der Waals surface area contributed by atoms with Gasteiger partial charge in [-0.05, 0) is 50.4 Å². The molecule has 0 radical (unpaired) electrons. The Balaban J connectivity index is 2.96. The van der Waals surface area contributed by atoms with Crippen molar-refractivity contribution in [3.8, 4) is 5.75 Å². The summed E-state index contributed by atoms with van der Waals surface area (Å²) in [7, 11) is 0. The van der Waals surface area contributed by atoms with Crippen LogP contribution < -0.4 is 27.4 Å². The van der Waals surface area contributed by atoms with Gasteiger partial charge in [-0.15, -0.1) is 0 Å². The second kappa shape index (κ2) is 14.3. The van der Waals surface area contributed by atoms with Crippen LogP contribution in [0.2, 0.25) is 0 Å². The Hall–Kier alpha value is -2.83. The largest absolute Gasteiger partial charge is 0.508 e. The van der Waals surface area contributed by atoms with E-state index in [1.54, 1.807) is 12.1 Å². The first-order valence-electron chi connectivity index (χ1n) is 10.6. The predicted molar refractivity (Wildman–Crippen MR) is 126 cm³/mol. The van der Waals surface area contributed by atoms with Gasteiger partial charge in [0, 0.05) is 12.2 Å². The van der Waals surface area contributed by atoms with Crippen LogP contribution in [-0.2, 0) is 25.6 Å². The zero-order valence-electron chi connectivity index (χ0n) is 18.5. The number of hydrogen-bond donors (Lipinski definition) is 8. The van der Waals surface area contributed by atoms with Crippen molar-refractivity contribution in [2.45, 2.75) is 56.8 Å². The van der Waals surface area contributed by atoms with E-state index in [1.807, 2.05) is 0 Å². The number of phenolic OH excluding ortho intramolecular Hbond substituents is 1. The van der Waals surface area contributed by atoms with Gasteiger partial charge >= 0.3 is 5.97 Å². The first-order valence-corrected chi connectivity index (χ1v) is 11.2. The Morgan fingerprint density at radius 2 is 1.58 bits per heavy atom. The predicted octanol–water partition coefficient (Wildman–Crippen LogP) is -1.12. The molecule has 11 nitrogen and oxygen atoms in total. The molecule has 0 aliphatic heterocycles. The number of aliphatic carboxylic acids is 1. The van der Waals surface area contributed by atoms with Crippen LogP contribution in [0.5, 0.6) is 5.75 Å². The summed E-state index contributed by atoms with van der Waals surface area (Å²) in [6, 6.07) is 1.85. The molecule has 0 fully saturated rings. The smallest absolute Gasteiger partial charge is 0.326 e. The lowest BCUT2D eigenvalue weighted by molar-refractivity contribution is -0.142. The Morgan fingerprint density at radius 1 is 0.970 bits per heavy atom. The van der Waals surface area contributed by atoms with Crippen molar-refractivity contribution < 1.29 is 29.4 Å². The molecule has 12 heteroatoms. The lowest BCUT2D eigenvalue weighted by Crippen LogP contribution is -2.57. The van der Waals surface area contributed by atoms with Crippen molar-refractivity contribution in [1.29, 1.82) is 0 Å². The number of thiol groups is 1. The van der Waals surface area contributed by atoms with Crippen LogP contribution in [0.25, 0.3) is 0 Å². The molecular weight excluding hydrogens is 450 g/mol. The average Bonchev–Trinajstić information content (AvgIpc) is 2.78. The zero-order valence-corrected chi connectivity index (χ0v) is 19.4. The minimum absolute atomic E-state index is 0.0316. The molecule has 1 aromatic rings. The van der Waals surface area contributed by atoms with Crippen molar-refractivity contribution >= 4 is 36.3 Å². The molecule has 0 aliphatic rings. The maximum atomic E-state index is 12.9. The second-order valence-corrected chi connectivity index (χ2v) is 8.00. The third-order valence-electron chi connectivity index (χ3n) is 4.86. The van der Waals surface area contributed by atoms with Crippen molar-refractivity contribution in [2.24, 2.45) is 11.5 Å². The summed E-state index contributed by atoms with van der Waals surface area (Å²) in [5, 5.41) is 26.4. The van der Waals surface area contributed by atoms with E-state index < -0.39 is 47.9 Å². The summed E-state index contributed by atoms with van der Waals surface area (Å²) >= 11 is 3.94. The molecule has 0 saturated carbocycles. The van der Waals surface area contributed by atoms with E-state index in [4.69, 9.17) is 11.5 Å². The molecule has 1 rings (SSSR count). The summed E-state index contributed by atoms with van der Waals surface area (Å²) in [5.74, 6) is -2.99. The number of carbonyl (C=O) groups is 4. The highest BCUT2D eigenvalue weighted by molar-refractivity contribution is 7.80. The van der Waals surface area contributed by atoms with Crippen LogP contribution >= 0.6 is 12.6 Å². The minimum atomic E-state index is -1.20. The van der Waals surface area contributed by atoms with Gasteiger partial charge < -0.3 is 37.6 Å². The van der Waals surface area contributed by atoms with E-state index in [0.29, 0.717) is 24.9 Å². The number of unbranched alkanes of at least 4 members (excludes halogenated alkanes) is 1. The van der Waals surface area contributed by atoms with Crippen molar-refractivity contribution in [1.82, 2.24) is 16.0 Å². The Morgan fingerprint density at radius 3 is 2.12 bits per heavy atom. The number of hydrogen-bond acceptors (Lipinski definition) is 8. The van der Waals surface area contributed by atoms with Gasteiger partial charge in [-0.25, -0.2) is 4.79 Å². The molecular formula is C21H33N5O6S. The standard InChI is InChI=1S/C21H33N5O6S/c1-12(24-19(29)15(23)11-33)18(28)26-17(10-13-5-7-14(27)8-6-13)20(30)25-16(21(31)32)4-2-3-9-22/h5-8,12,15-17,27,33H,2-4,9-11,22-23H2,1H3,(H,24,29)(H,25,30)(H,26,28)(H,31,32). The van der Waals surface area contributed by atoms with E-state index in [1.165, 1.54) is 19.1 Å². The molecule has 184 valence electrons. The summed E-state index contributed by atoms with van der Waals surface area (Å²) in [6.07, 6.45) is 1.34. The van der Waals surface area contributed by atoms with Crippen LogP contribution in [0, 0.1) is 0 Å². The van der Waals surface area contributed by atoms with E-state index in [0.717, 1.165) is 0 Å². The maximum Gasteiger partial charge on any atom is 0.326 e. The Labute approximate surface area is 198 Å². The maximum absolute atomic E-state index is 12.9. The van der Waals surface area contributed by atoms with Gasteiger partial charge in [0.15, 0.2) is 0 Å². The average molecular weight is 484 g/mol. The quantitative estimate of drug-likeness (QED) is 0.120. The highest BCUT2D eigenvalue weighted by atomic mass is 32.1. The molecule has 3 amide bonds. The molecule has 1 aromatic carbocycles. The Kier molecular flexibility index (Phi) is 12.3. The number of phenols is 1. The third-order valence-corrected chi connectivity index (χ3v) is 5.25. The van der Waals surface area contributed by atoms with Gasteiger partial charge in [0.25, 0.3) is 0 Å². The number of nitrogens with one attached hydrogen (secondary N) is 3. The van der Waals surface area contributed by atoms with Crippen molar-refractivity contribution in [2.75, 3.05) is 12.3 Å². The number of benzene rings is 1. The first kappa shape index (κ1) is 28.2. The van der Waals surface area contributed by atoms with Crippen LogP contribution in [0.1, 0.15) is 31.7 Å². The molecule has 4 atom stereocenters. The van der Waals surface area contributed by atoms with Crippen molar-refractivity contribution in [3.05, 3.63) is 29.8 Å². The number of amides is 3. The molecule has 0 bridgehead atoms. The highest BCUT2D eigenvalue weighted by Crippen LogP contribution is 2.12. The summed E-state index contributed by atoms with van der Waals surface area (Å²) in [5.41, 5.74) is 11.7. The summed E-state index contributed by atoms with van der Waals surface area (Å²) in [4.78, 5) is 49.1. The van der Waals surface area contributed by atoms with E-state index in [9.17, 15) is 29.4 Å². The van der Waals surface area contributed by atoms with Crippen LogP contribution in [0.3, 0.4) is 0 Å². The van der Waals surface area contributed by atoms with Gasteiger partial charge in [0.05, 0.1) is 6.04 Å². The van der Waals surface area contributed by atoms with Gasteiger partial charge in [-0.1, -0.05) is 12.1 Å². The lowest BCUT2D eigenvalue weighted by atomic mass is 10.0. The van der Waals surface area contributed by atoms with Crippen LogP contribution in [-0.4, -0.2) is 70.4 Å². The normalized spacial score (nSPS) is 14.4. The molecule has 0 heterocycles. The highest BCUT2D eigenvalue weighted by Gasteiger charge is 2.28. The fourth-order valence-electron chi connectivity index (χ4n) is 2.87. The van der Waals surface area contributed by atoms with Crippen LogP contribution in [0.15, 0.2) is 24.3 Å². The van der Waals surface area contributed by atoms with E-state index in [2.05, 4.69) is 28.6 Å². The van der Waals surface area contributed by atoms with Gasteiger partial charge in [-0.2, -0.15) is 12.6 Å². The number of carboxylic acids is 1. The zero-order chi connectivity index (χ0) is 25.0. The lowest BCUT2D eigenvalue weighted by Gasteiger charge is -2.24. The summed E-state index contributed by atoms with van der Waals surface area (Å²) < 4.78 is 0. The molecule has 0 aromatic heterocycles. The van der Waals surface area contributed by atoms with Gasteiger partial charge in [-0.3, -0.25) is 14.4 Å². The fraction of sp³-hybridized carbons (Fsp3) is 0.524. The number of rotatable bonds is 14. The molecule has 4 unspecified atom stereocenters. The second-order valence-electron chi connectivity index (χ2n) is 7.63. The number of carboxylic acid groups (broad SMARTS) is 1. The number of aromatic hydroxyl groups is 1. The molecule has 0 aliphatic carbocycles. The molecule has 9 N–H and O–H groups in total. The number of carbonyl (C=O) groups excluding carboxylic acids is 3. The van der Waals surface area contributed by atoms with Crippen molar-refractivity contribution in [3.63, 3.8) is 0 Å². The topological polar surface area (TPSA) is 197 Å². The van der Waals surface area contributed by atoms with E-state index in [-0.39, 0.29) is 24.3 Å². The molecule has 0 spiro atoms. The Bertz CT molecular complexity index is 807. The first-order chi connectivity index (χ1) is 15.6. The minimum Gasteiger partial charge on any atom is -0.508 e. The monoisotopic (exact) mass is 483 g/mol. The molecule has 33 heavy (non-hydrogen) atoms. The van der Waals surface area contributed by atoms with Crippen LogP contribution in [0.4, 0.5) is 0 Å². The van der Waals surface area contributed by atoms with E-state index >= 15 is 0 Å². The fourth-order valence-corrected chi connectivity index (χ4v) is 3.03. The third kappa shape index (κ3) is 10.1. The number of nitrogens with two attached hydrogens (primary N) is 2. The molecule has 0 saturated heterocycles. The summed E-state index contributed by atoms with van der Waals surface area (Å²) in [6.45, 7) is 1.83. The van der Waals surface area contributed by atoms with Gasteiger partial charge in [0.1, 0.15) is 23.9 Å². The van der Waals surface area contributed by atoms with Gasteiger partial charge in [0.2, 0.25) is 17.7 Å².